The number of fused-ring (bicyclic) bond motifs is 4. The van der Waals surface area contributed by atoms with Crippen LogP contribution in [0, 0.1) is 11.3 Å². The minimum Gasteiger partial charge on any atom is -1.00 e. The molecule has 0 aliphatic carbocycles. The molecule has 1 aromatic heterocycles. The first kappa shape index (κ1) is 19.9. The molecule has 0 saturated carbocycles. The van der Waals surface area contributed by atoms with Gasteiger partial charge in [-0.3, -0.25) is 4.79 Å². The summed E-state index contributed by atoms with van der Waals surface area (Å²) in [5.41, 5.74) is 4.23. The van der Waals surface area contributed by atoms with E-state index in [0.29, 0.717) is 6.04 Å². The molecule has 1 aromatic carbocycles. The molecule has 0 spiro atoms. The maximum atomic E-state index is 13.1. The van der Waals surface area contributed by atoms with Crippen molar-refractivity contribution in [1.82, 2.24) is 4.98 Å². The van der Waals surface area contributed by atoms with Crippen molar-refractivity contribution in [1.29, 1.82) is 0 Å². The molecule has 150 valence electrons. The van der Waals surface area contributed by atoms with Crippen molar-refractivity contribution in [2.45, 2.75) is 31.8 Å². The standard InChI is InChI=1S/C22H27N2O3.HI/c1-4-13-11-24(2)18-10-16(13)22(12-25,21(26)27-3)19(24)9-15-14-7-5-6-8-17(14)23-20(15)18;/h4-8,16,18-19,23,25H,9-12H2,1-3H3;1H/q+1;/p-1/b13-4-;/t16-,18-,19-,22+,24?;/m0./s1. The number of aromatic amines is 1. The summed E-state index contributed by atoms with van der Waals surface area (Å²) in [6.07, 6.45) is 3.80. The lowest BCUT2D eigenvalue weighted by molar-refractivity contribution is -0.981. The molecule has 4 aliphatic rings. The van der Waals surface area contributed by atoms with Gasteiger partial charge in [-0.1, -0.05) is 24.3 Å². The fraction of sp³-hybridized carbons (Fsp3) is 0.500. The van der Waals surface area contributed by atoms with Crippen molar-refractivity contribution in [3.8, 4) is 0 Å². The number of hydrogen-bond acceptors (Lipinski definition) is 3. The Bertz CT molecular complexity index is 983. The van der Waals surface area contributed by atoms with E-state index in [9.17, 15) is 9.90 Å². The number of nitrogens with one attached hydrogen (secondary N) is 1. The van der Waals surface area contributed by atoms with E-state index in [1.165, 1.54) is 29.3 Å². The number of benzene rings is 1. The maximum absolute atomic E-state index is 13.1. The highest BCUT2D eigenvalue weighted by atomic mass is 127. The van der Waals surface area contributed by atoms with Gasteiger partial charge in [0, 0.05) is 29.7 Å². The Balaban J connectivity index is 0.00000192. The van der Waals surface area contributed by atoms with Gasteiger partial charge in [-0.25, -0.2) is 0 Å². The van der Waals surface area contributed by atoms with Crippen LogP contribution in [0.2, 0.25) is 0 Å². The SMILES string of the molecule is C/C=C1/C[N+]2(C)[C@H]3C[C@@H]1[C@@](CO)(C(=O)OC)[C@@H]2Cc1c3[nH]c2ccccc12.[I-]. The number of carbonyl (C=O) groups is 1. The van der Waals surface area contributed by atoms with Crippen LogP contribution in [-0.4, -0.2) is 53.9 Å². The van der Waals surface area contributed by atoms with E-state index < -0.39 is 5.41 Å². The molecule has 6 heteroatoms. The number of H-pyrrole nitrogens is 1. The number of likely N-dealkylation sites (N-methyl/N-ethyl adjacent to an activating group) is 1. The van der Waals surface area contributed by atoms with Crippen LogP contribution in [0.15, 0.2) is 35.9 Å². The van der Waals surface area contributed by atoms with E-state index in [1.54, 1.807) is 0 Å². The molecule has 5 nitrogen and oxygen atoms in total. The fourth-order valence-corrected chi connectivity index (χ4v) is 6.62. The van der Waals surface area contributed by atoms with Crippen LogP contribution < -0.4 is 24.0 Å². The normalized spacial score (nSPS) is 36.9. The molecular formula is C22H27IN2O3. The number of nitrogens with zero attached hydrogens (tertiary/aromatic N) is 1. The number of para-hydroxylation sites is 1. The number of esters is 1. The molecule has 3 fully saturated rings. The molecule has 4 aliphatic heterocycles. The summed E-state index contributed by atoms with van der Waals surface area (Å²) in [5.74, 6) is -0.223. The lowest BCUT2D eigenvalue weighted by atomic mass is 9.54. The third-order valence-corrected chi connectivity index (χ3v) is 7.85. The first-order chi connectivity index (χ1) is 13.0. The summed E-state index contributed by atoms with van der Waals surface area (Å²) in [6.45, 7) is 2.82. The molecular weight excluding hydrogens is 467 g/mol. The first-order valence-corrected chi connectivity index (χ1v) is 9.80. The number of quaternary nitrogens is 1. The van der Waals surface area contributed by atoms with E-state index in [1.807, 2.05) is 6.92 Å². The number of piperidine rings is 3. The number of allylic oxidation sites excluding steroid dienone is 1. The zero-order valence-electron chi connectivity index (χ0n) is 16.5. The number of hydrogen-bond donors (Lipinski definition) is 2. The number of aromatic nitrogens is 1. The van der Waals surface area contributed by atoms with Gasteiger partial charge in [0.25, 0.3) is 0 Å². The van der Waals surface area contributed by atoms with Gasteiger partial charge in [-0.2, -0.15) is 0 Å². The molecule has 6 rings (SSSR count). The molecule has 5 atom stereocenters. The van der Waals surface area contributed by atoms with Gasteiger partial charge in [0.2, 0.25) is 0 Å². The summed E-state index contributed by atoms with van der Waals surface area (Å²) in [4.78, 5) is 16.8. The Labute approximate surface area is 182 Å². The number of halogens is 1. The minimum absolute atomic E-state index is 0. The van der Waals surface area contributed by atoms with Gasteiger partial charge in [0.05, 0.1) is 26.5 Å². The van der Waals surface area contributed by atoms with Gasteiger partial charge < -0.3 is 43.3 Å². The lowest BCUT2D eigenvalue weighted by Gasteiger charge is -2.66. The van der Waals surface area contributed by atoms with E-state index in [4.69, 9.17) is 4.74 Å². The molecule has 0 amide bonds. The number of aliphatic hydroxyl groups is 1. The van der Waals surface area contributed by atoms with Crippen LogP contribution in [0.5, 0.6) is 0 Å². The van der Waals surface area contributed by atoms with E-state index in [2.05, 4.69) is 42.4 Å². The Morgan fingerprint density at radius 3 is 2.86 bits per heavy atom. The topological polar surface area (TPSA) is 62.3 Å². The van der Waals surface area contributed by atoms with Crippen molar-refractivity contribution in [3.63, 3.8) is 0 Å². The second-order valence-corrected chi connectivity index (χ2v) is 8.65. The van der Waals surface area contributed by atoms with E-state index in [0.717, 1.165) is 29.4 Å². The second-order valence-electron chi connectivity index (χ2n) is 8.65. The molecule has 3 saturated heterocycles. The first-order valence-electron chi connectivity index (χ1n) is 9.80. The highest BCUT2D eigenvalue weighted by Crippen LogP contribution is 2.62. The molecule has 28 heavy (non-hydrogen) atoms. The molecule has 2 N–H and O–H groups in total. The third kappa shape index (κ3) is 2.17. The Morgan fingerprint density at radius 2 is 2.18 bits per heavy atom. The van der Waals surface area contributed by atoms with Crippen molar-refractivity contribution >= 4 is 16.9 Å². The Kier molecular flexibility index (Phi) is 4.67. The van der Waals surface area contributed by atoms with Crippen LogP contribution in [0.3, 0.4) is 0 Å². The predicted octanol–water partition coefficient (Wildman–Crippen LogP) is -0.284. The van der Waals surface area contributed by atoms with Gasteiger partial charge >= 0.3 is 5.97 Å². The van der Waals surface area contributed by atoms with Crippen LogP contribution in [-0.2, 0) is 16.0 Å². The largest absolute Gasteiger partial charge is 1.00 e. The van der Waals surface area contributed by atoms with Gasteiger partial charge in [-0.15, -0.1) is 0 Å². The molecule has 0 radical (unpaired) electrons. The molecule has 4 bridgehead atoms. The average Bonchev–Trinajstić information content (AvgIpc) is 3.05. The number of carbonyl (C=O) groups excluding carboxylic acids is 1. The number of methoxy groups -OCH3 is 1. The van der Waals surface area contributed by atoms with Gasteiger partial charge in [0.1, 0.15) is 24.0 Å². The fourth-order valence-electron chi connectivity index (χ4n) is 6.62. The van der Waals surface area contributed by atoms with Crippen LogP contribution in [0.25, 0.3) is 10.9 Å². The van der Waals surface area contributed by atoms with Crippen LogP contribution >= 0.6 is 0 Å². The Hall–Kier alpha value is -1.38. The summed E-state index contributed by atoms with van der Waals surface area (Å²) in [6, 6.07) is 8.76. The van der Waals surface area contributed by atoms with E-state index >= 15 is 0 Å². The quantitative estimate of drug-likeness (QED) is 0.261. The molecule has 5 heterocycles. The second kappa shape index (κ2) is 6.57. The van der Waals surface area contributed by atoms with E-state index in [-0.39, 0.29) is 48.5 Å². The summed E-state index contributed by atoms with van der Waals surface area (Å²) >= 11 is 0. The summed E-state index contributed by atoms with van der Waals surface area (Å²) in [5, 5.41) is 11.8. The van der Waals surface area contributed by atoms with Crippen molar-refractivity contribution in [2.24, 2.45) is 11.3 Å². The minimum atomic E-state index is -0.865. The number of ether oxygens (including phenoxy) is 1. The lowest BCUT2D eigenvalue weighted by Crippen LogP contribution is -3.00. The van der Waals surface area contributed by atoms with Gasteiger partial charge in [0.15, 0.2) is 0 Å². The van der Waals surface area contributed by atoms with Crippen LogP contribution in [0.4, 0.5) is 0 Å². The zero-order valence-corrected chi connectivity index (χ0v) is 18.7. The third-order valence-electron chi connectivity index (χ3n) is 7.85. The Morgan fingerprint density at radius 1 is 1.43 bits per heavy atom. The van der Waals surface area contributed by atoms with Crippen molar-refractivity contribution in [3.05, 3.63) is 47.2 Å². The van der Waals surface area contributed by atoms with Crippen LogP contribution in [0.1, 0.15) is 30.6 Å². The highest BCUT2D eigenvalue weighted by molar-refractivity contribution is 5.86. The smallest absolute Gasteiger partial charge is 0.320 e. The van der Waals surface area contributed by atoms with Crippen molar-refractivity contribution < 1.29 is 43.1 Å². The monoisotopic (exact) mass is 494 g/mol. The summed E-state index contributed by atoms with van der Waals surface area (Å²) in [7, 11) is 3.71. The average molecular weight is 494 g/mol. The maximum Gasteiger partial charge on any atom is 0.320 e. The number of aliphatic hydroxyl groups excluding tert-OH is 1. The predicted molar refractivity (Wildman–Crippen MR) is 103 cm³/mol. The van der Waals surface area contributed by atoms with Gasteiger partial charge in [-0.05, 0) is 24.1 Å². The zero-order chi connectivity index (χ0) is 19.0. The highest BCUT2D eigenvalue weighted by Gasteiger charge is 2.71. The summed E-state index contributed by atoms with van der Waals surface area (Å²) < 4.78 is 6.05. The number of rotatable bonds is 2. The van der Waals surface area contributed by atoms with Crippen molar-refractivity contribution in [2.75, 3.05) is 27.3 Å². The molecule has 1 unspecified atom stereocenters. The molecule has 2 aromatic rings.